The van der Waals surface area contributed by atoms with Crippen LogP contribution in [0.1, 0.15) is 11.1 Å². The summed E-state index contributed by atoms with van der Waals surface area (Å²) in [5.74, 6) is -1.35. The zero-order valence-corrected chi connectivity index (χ0v) is 18.1. The normalized spacial score (nSPS) is 11.1. The summed E-state index contributed by atoms with van der Waals surface area (Å²) in [7, 11) is -3.61. The molecule has 3 rings (SSSR count). The molecule has 0 atom stereocenters. The summed E-state index contributed by atoms with van der Waals surface area (Å²) in [6, 6.07) is 26.1. The topological polar surface area (TPSA) is 66.5 Å². The van der Waals surface area contributed by atoms with Gasteiger partial charge in [-0.2, -0.15) is 0 Å². The van der Waals surface area contributed by atoms with Crippen LogP contribution in [0.25, 0.3) is 0 Å². The van der Waals surface area contributed by atoms with Gasteiger partial charge in [-0.1, -0.05) is 76.6 Å². The molecule has 0 aliphatic heterocycles. The molecule has 0 bridgehead atoms. The monoisotopic (exact) mass is 472 g/mol. The molecule has 0 aliphatic carbocycles. The van der Waals surface area contributed by atoms with E-state index in [1.807, 2.05) is 66.7 Å². The van der Waals surface area contributed by atoms with Crippen LogP contribution < -0.4 is 10.4 Å². The van der Waals surface area contributed by atoms with Crippen LogP contribution in [0.15, 0.2) is 89.4 Å². The van der Waals surface area contributed by atoms with Crippen molar-refractivity contribution >= 4 is 37.4 Å². The summed E-state index contributed by atoms with van der Waals surface area (Å²) in [6.07, 6.45) is 0. The van der Waals surface area contributed by atoms with Gasteiger partial charge in [0.05, 0.1) is 18.0 Å². The molecule has 0 heterocycles. The van der Waals surface area contributed by atoms with Gasteiger partial charge in [0.15, 0.2) is 9.84 Å². The van der Waals surface area contributed by atoms with E-state index < -0.39 is 21.5 Å². The van der Waals surface area contributed by atoms with E-state index in [2.05, 4.69) is 21.4 Å². The summed E-state index contributed by atoms with van der Waals surface area (Å²) in [5, 5.41) is 1.66. The molecular formula is C22H21BrN2O3S. The third-order valence-corrected chi connectivity index (χ3v) is 6.11. The summed E-state index contributed by atoms with van der Waals surface area (Å²) in [4.78, 5) is 12.5. The number of para-hydroxylation sites is 1. The number of hydrogen-bond donors (Lipinski definition) is 1. The van der Waals surface area contributed by atoms with E-state index in [1.165, 1.54) is 0 Å². The van der Waals surface area contributed by atoms with Crippen LogP contribution in [-0.4, -0.2) is 20.1 Å². The average Bonchev–Trinajstić information content (AvgIpc) is 2.68. The summed E-state index contributed by atoms with van der Waals surface area (Å²) in [5.41, 5.74) is 5.14. The summed E-state index contributed by atoms with van der Waals surface area (Å²) < 4.78 is 25.8. The van der Waals surface area contributed by atoms with E-state index in [0.29, 0.717) is 12.1 Å². The summed E-state index contributed by atoms with van der Waals surface area (Å²) in [6.45, 7) is 0.419. The van der Waals surface area contributed by atoms with Gasteiger partial charge in [0, 0.05) is 4.47 Å². The first-order chi connectivity index (χ1) is 13.9. The number of amides is 1. The number of rotatable bonds is 8. The molecule has 0 saturated carbocycles. The zero-order chi connectivity index (χ0) is 20.7. The Morgan fingerprint density at radius 1 is 0.862 bits per heavy atom. The fraction of sp³-hybridized carbons (Fsp3) is 0.136. The van der Waals surface area contributed by atoms with E-state index in [4.69, 9.17) is 0 Å². The Kier molecular flexibility index (Phi) is 7.06. The maximum Gasteiger partial charge on any atom is 0.253 e. The van der Waals surface area contributed by atoms with Gasteiger partial charge >= 0.3 is 0 Å². The van der Waals surface area contributed by atoms with Gasteiger partial charge in [0.2, 0.25) is 0 Å². The highest BCUT2D eigenvalue weighted by atomic mass is 79.9. The second-order valence-corrected chi connectivity index (χ2v) is 9.58. The van der Waals surface area contributed by atoms with Crippen LogP contribution in [0.4, 0.5) is 5.69 Å². The molecule has 3 aromatic carbocycles. The highest BCUT2D eigenvalue weighted by Gasteiger charge is 2.20. The number of hydrazine groups is 1. The first-order valence-electron chi connectivity index (χ1n) is 9.02. The lowest BCUT2D eigenvalue weighted by atomic mass is 10.2. The quantitative estimate of drug-likeness (QED) is 0.501. The van der Waals surface area contributed by atoms with Crippen molar-refractivity contribution in [3.05, 3.63) is 101 Å². The Hall–Kier alpha value is -2.64. The maximum atomic E-state index is 12.5. The molecule has 0 spiro atoms. The zero-order valence-electron chi connectivity index (χ0n) is 15.7. The second kappa shape index (κ2) is 9.71. The van der Waals surface area contributed by atoms with Crippen molar-refractivity contribution < 1.29 is 13.2 Å². The van der Waals surface area contributed by atoms with E-state index in [9.17, 15) is 13.2 Å². The first-order valence-corrected chi connectivity index (χ1v) is 11.6. The molecular weight excluding hydrogens is 452 g/mol. The standard InChI is InChI=1S/C22H21BrN2O3S/c23-20-11-7-10-19(14-20)16-29(27,28)17-22(26)24-25(21-12-5-2-6-13-21)15-18-8-3-1-4-9-18/h1-14H,15-17H2,(H,24,26). The Labute approximate surface area is 179 Å². The molecule has 5 nitrogen and oxygen atoms in total. The number of benzene rings is 3. The number of anilines is 1. The molecule has 0 saturated heterocycles. The van der Waals surface area contributed by atoms with Gasteiger partial charge in [0.25, 0.3) is 5.91 Å². The number of halogens is 1. The predicted molar refractivity (Wildman–Crippen MR) is 119 cm³/mol. The minimum absolute atomic E-state index is 0.191. The minimum Gasteiger partial charge on any atom is -0.281 e. The van der Waals surface area contributed by atoms with Crippen LogP contribution in [0.5, 0.6) is 0 Å². The molecule has 0 aromatic heterocycles. The van der Waals surface area contributed by atoms with Gasteiger partial charge in [-0.25, -0.2) is 8.42 Å². The molecule has 0 fully saturated rings. The number of carbonyl (C=O) groups excluding carboxylic acids is 1. The fourth-order valence-electron chi connectivity index (χ4n) is 2.88. The Bertz CT molecular complexity index is 1060. The second-order valence-electron chi connectivity index (χ2n) is 6.60. The van der Waals surface area contributed by atoms with Crippen molar-refractivity contribution in [3.63, 3.8) is 0 Å². The number of sulfone groups is 1. The van der Waals surface area contributed by atoms with Crippen molar-refractivity contribution in [1.29, 1.82) is 0 Å². The third-order valence-electron chi connectivity index (χ3n) is 4.14. The molecule has 29 heavy (non-hydrogen) atoms. The van der Waals surface area contributed by atoms with Crippen LogP contribution in [-0.2, 0) is 26.9 Å². The fourth-order valence-corrected chi connectivity index (χ4v) is 4.58. The smallest absolute Gasteiger partial charge is 0.253 e. The average molecular weight is 473 g/mol. The lowest BCUT2D eigenvalue weighted by molar-refractivity contribution is -0.118. The molecule has 0 unspecified atom stereocenters. The predicted octanol–water partition coefficient (Wildman–Crippen LogP) is 4.10. The van der Waals surface area contributed by atoms with Crippen LogP contribution in [0.2, 0.25) is 0 Å². The van der Waals surface area contributed by atoms with Gasteiger partial charge in [-0.05, 0) is 35.4 Å². The third kappa shape index (κ3) is 6.73. The lowest BCUT2D eigenvalue weighted by Crippen LogP contribution is -2.44. The van der Waals surface area contributed by atoms with Gasteiger partial charge < -0.3 is 0 Å². The Morgan fingerprint density at radius 3 is 2.14 bits per heavy atom. The molecule has 1 N–H and O–H groups in total. The molecule has 150 valence electrons. The van der Waals surface area contributed by atoms with Crippen LogP contribution in [0.3, 0.4) is 0 Å². The number of hydrogen-bond acceptors (Lipinski definition) is 4. The Morgan fingerprint density at radius 2 is 1.48 bits per heavy atom. The number of nitrogens with one attached hydrogen (secondary N) is 1. The van der Waals surface area contributed by atoms with E-state index in [1.54, 1.807) is 23.2 Å². The van der Waals surface area contributed by atoms with Crippen molar-refractivity contribution in [2.45, 2.75) is 12.3 Å². The number of nitrogens with zero attached hydrogens (tertiary/aromatic N) is 1. The van der Waals surface area contributed by atoms with E-state index >= 15 is 0 Å². The molecule has 7 heteroatoms. The first kappa shape index (κ1) is 21.1. The number of carbonyl (C=O) groups is 1. The largest absolute Gasteiger partial charge is 0.281 e. The summed E-state index contributed by atoms with van der Waals surface area (Å²) >= 11 is 3.33. The van der Waals surface area contributed by atoms with Crippen LogP contribution >= 0.6 is 15.9 Å². The van der Waals surface area contributed by atoms with Gasteiger partial charge in [0.1, 0.15) is 5.75 Å². The molecule has 0 aliphatic rings. The van der Waals surface area contributed by atoms with Gasteiger partial charge in [-0.3, -0.25) is 15.2 Å². The van der Waals surface area contributed by atoms with Crippen molar-refractivity contribution in [3.8, 4) is 0 Å². The van der Waals surface area contributed by atoms with Gasteiger partial charge in [-0.15, -0.1) is 0 Å². The Balaban J connectivity index is 1.70. The SMILES string of the molecule is O=C(CS(=O)(=O)Cc1cccc(Br)c1)NN(Cc1ccccc1)c1ccccc1. The highest BCUT2D eigenvalue weighted by Crippen LogP contribution is 2.16. The molecule has 3 aromatic rings. The van der Waals surface area contributed by atoms with Crippen molar-refractivity contribution in [2.24, 2.45) is 0 Å². The maximum absolute atomic E-state index is 12.5. The lowest BCUT2D eigenvalue weighted by Gasteiger charge is -2.25. The molecule has 0 radical (unpaired) electrons. The van der Waals surface area contributed by atoms with Crippen molar-refractivity contribution in [2.75, 3.05) is 10.8 Å². The molecule has 1 amide bonds. The van der Waals surface area contributed by atoms with Crippen molar-refractivity contribution in [1.82, 2.24) is 5.43 Å². The van der Waals surface area contributed by atoms with E-state index in [-0.39, 0.29) is 5.75 Å². The van der Waals surface area contributed by atoms with Crippen LogP contribution in [0, 0.1) is 0 Å². The minimum atomic E-state index is -3.61. The highest BCUT2D eigenvalue weighted by molar-refractivity contribution is 9.10. The van der Waals surface area contributed by atoms with E-state index in [0.717, 1.165) is 15.7 Å².